The van der Waals surface area contributed by atoms with Gasteiger partial charge in [0, 0.05) is 29.2 Å². The monoisotopic (exact) mass is 280 g/mol. The fourth-order valence-electron chi connectivity index (χ4n) is 1.96. The van der Waals surface area contributed by atoms with Crippen LogP contribution in [0.2, 0.25) is 0 Å². The first-order chi connectivity index (χ1) is 10.1. The van der Waals surface area contributed by atoms with Crippen molar-refractivity contribution in [2.24, 2.45) is 0 Å². The van der Waals surface area contributed by atoms with Crippen LogP contribution in [0, 0.1) is 25.7 Å². The molecule has 1 aromatic heterocycles. The lowest BCUT2D eigenvalue weighted by Crippen LogP contribution is -2.14. The van der Waals surface area contributed by atoms with E-state index in [2.05, 4.69) is 22.1 Å². The number of aliphatic hydroxyl groups is 1. The van der Waals surface area contributed by atoms with Crippen LogP contribution in [0.4, 0.5) is 5.69 Å². The van der Waals surface area contributed by atoms with Crippen molar-refractivity contribution >= 4 is 11.6 Å². The van der Waals surface area contributed by atoms with Gasteiger partial charge in [0.25, 0.3) is 5.91 Å². The van der Waals surface area contributed by atoms with Crippen molar-refractivity contribution in [1.82, 2.24) is 4.98 Å². The van der Waals surface area contributed by atoms with Gasteiger partial charge in [-0.3, -0.25) is 9.78 Å². The quantitative estimate of drug-likeness (QED) is 0.830. The predicted molar refractivity (Wildman–Crippen MR) is 82.1 cm³/mol. The van der Waals surface area contributed by atoms with Gasteiger partial charge < -0.3 is 10.4 Å². The number of hydrogen-bond acceptors (Lipinski definition) is 3. The van der Waals surface area contributed by atoms with Crippen LogP contribution in [-0.2, 0) is 0 Å². The molecule has 2 rings (SSSR count). The summed E-state index contributed by atoms with van der Waals surface area (Å²) in [7, 11) is 0. The molecule has 1 heterocycles. The molecular formula is C17H16N2O2. The van der Waals surface area contributed by atoms with Crippen molar-refractivity contribution in [3.8, 4) is 11.8 Å². The van der Waals surface area contributed by atoms with E-state index in [4.69, 9.17) is 5.11 Å². The zero-order valence-electron chi connectivity index (χ0n) is 12.0. The molecule has 2 aromatic rings. The highest BCUT2D eigenvalue weighted by Gasteiger charge is 2.12. The minimum atomic E-state index is -0.202. The molecule has 0 aliphatic carbocycles. The zero-order chi connectivity index (χ0) is 15.2. The summed E-state index contributed by atoms with van der Waals surface area (Å²) in [4.78, 5) is 16.4. The molecule has 21 heavy (non-hydrogen) atoms. The highest BCUT2D eigenvalue weighted by molar-refractivity contribution is 6.05. The topological polar surface area (TPSA) is 62.2 Å². The molecule has 106 valence electrons. The van der Waals surface area contributed by atoms with Crippen LogP contribution in [0.25, 0.3) is 0 Å². The van der Waals surface area contributed by atoms with E-state index >= 15 is 0 Å². The SMILES string of the molecule is Cc1cnccc1NC(=O)c1cccc(C#CCO)c1C. The van der Waals surface area contributed by atoms with Crippen LogP contribution < -0.4 is 5.32 Å². The van der Waals surface area contributed by atoms with E-state index in [0.717, 1.165) is 22.4 Å². The molecule has 4 nitrogen and oxygen atoms in total. The van der Waals surface area contributed by atoms with Crippen molar-refractivity contribution in [2.45, 2.75) is 13.8 Å². The predicted octanol–water partition coefficient (Wildman–Crippen LogP) is 2.29. The number of anilines is 1. The van der Waals surface area contributed by atoms with Crippen LogP contribution in [0.5, 0.6) is 0 Å². The summed E-state index contributed by atoms with van der Waals surface area (Å²) in [5.41, 5.74) is 3.74. The molecule has 2 N–H and O–H groups in total. The van der Waals surface area contributed by atoms with E-state index in [0.29, 0.717) is 5.56 Å². The molecule has 0 radical (unpaired) electrons. The molecule has 1 aromatic carbocycles. The Kier molecular flexibility index (Phi) is 4.70. The lowest BCUT2D eigenvalue weighted by Gasteiger charge is -2.10. The number of aliphatic hydroxyl groups excluding tert-OH is 1. The third-order valence-electron chi connectivity index (χ3n) is 3.15. The van der Waals surface area contributed by atoms with Crippen LogP contribution in [0.15, 0.2) is 36.7 Å². The summed E-state index contributed by atoms with van der Waals surface area (Å²) in [6.07, 6.45) is 3.34. The van der Waals surface area contributed by atoms with Gasteiger partial charge in [-0.1, -0.05) is 17.9 Å². The van der Waals surface area contributed by atoms with Gasteiger partial charge in [0.05, 0.1) is 0 Å². The molecule has 1 amide bonds. The molecular weight excluding hydrogens is 264 g/mol. The number of hydrogen-bond donors (Lipinski definition) is 2. The molecule has 0 unspecified atom stereocenters. The number of rotatable bonds is 2. The third kappa shape index (κ3) is 3.47. The number of nitrogens with one attached hydrogen (secondary N) is 1. The Morgan fingerprint density at radius 2 is 2.14 bits per heavy atom. The minimum Gasteiger partial charge on any atom is -0.384 e. The van der Waals surface area contributed by atoms with Gasteiger partial charge in [0.15, 0.2) is 0 Å². The fraction of sp³-hybridized carbons (Fsp3) is 0.176. The second-order valence-electron chi connectivity index (χ2n) is 4.58. The molecule has 0 aliphatic rings. The van der Waals surface area contributed by atoms with Crippen molar-refractivity contribution in [1.29, 1.82) is 0 Å². The second kappa shape index (κ2) is 6.69. The highest BCUT2D eigenvalue weighted by Crippen LogP contribution is 2.17. The van der Waals surface area contributed by atoms with Gasteiger partial charge in [0.1, 0.15) is 6.61 Å². The summed E-state index contributed by atoms with van der Waals surface area (Å²) in [6.45, 7) is 3.53. The molecule has 0 atom stereocenters. The van der Waals surface area contributed by atoms with Crippen molar-refractivity contribution in [3.05, 3.63) is 58.9 Å². The largest absolute Gasteiger partial charge is 0.384 e. The lowest BCUT2D eigenvalue weighted by atomic mass is 10.0. The van der Waals surface area contributed by atoms with Crippen molar-refractivity contribution in [2.75, 3.05) is 11.9 Å². The number of carbonyl (C=O) groups is 1. The Morgan fingerprint density at radius 3 is 2.86 bits per heavy atom. The lowest BCUT2D eigenvalue weighted by molar-refractivity contribution is 0.102. The van der Waals surface area contributed by atoms with Crippen LogP contribution in [0.1, 0.15) is 27.0 Å². The standard InChI is InChI=1S/C17H16N2O2/c1-12-11-18-9-8-16(12)19-17(21)15-7-3-5-14(13(15)2)6-4-10-20/h3,5,7-9,11,20H,10H2,1-2H3,(H,18,19,21). The Morgan fingerprint density at radius 1 is 1.33 bits per heavy atom. The smallest absolute Gasteiger partial charge is 0.255 e. The molecule has 4 heteroatoms. The molecule has 0 saturated heterocycles. The Balaban J connectivity index is 2.30. The maximum absolute atomic E-state index is 12.4. The number of benzene rings is 1. The average Bonchev–Trinajstić information content (AvgIpc) is 2.48. The first kappa shape index (κ1) is 14.8. The van der Waals surface area contributed by atoms with Gasteiger partial charge in [-0.2, -0.15) is 0 Å². The first-order valence-corrected chi connectivity index (χ1v) is 6.55. The van der Waals surface area contributed by atoms with E-state index < -0.39 is 0 Å². The van der Waals surface area contributed by atoms with Crippen molar-refractivity contribution < 1.29 is 9.90 Å². The molecule has 0 spiro atoms. The van der Waals surface area contributed by atoms with E-state index in [1.807, 2.05) is 19.9 Å². The number of carbonyl (C=O) groups excluding carboxylic acids is 1. The van der Waals surface area contributed by atoms with Crippen LogP contribution in [-0.4, -0.2) is 22.6 Å². The number of nitrogens with zero attached hydrogens (tertiary/aromatic N) is 1. The molecule has 0 fully saturated rings. The van der Waals surface area contributed by atoms with Crippen LogP contribution in [0.3, 0.4) is 0 Å². The average molecular weight is 280 g/mol. The number of pyridine rings is 1. The van der Waals surface area contributed by atoms with E-state index in [1.54, 1.807) is 30.6 Å². The van der Waals surface area contributed by atoms with E-state index in [-0.39, 0.29) is 12.5 Å². The van der Waals surface area contributed by atoms with E-state index in [1.165, 1.54) is 0 Å². The normalized spacial score (nSPS) is 9.67. The summed E-state index contributed by atoms with van der Waals surface area (Å²) >= 11 is 0. The van der Waals surface area contributed by atoms with E-state index in [9.17, 15) is 4.79 Å². The number of aromatic nitrogens is 1. The summed E-state index contributed by atoms with van der Waals surface area (Å²) < 4.78 is 0. The number of amides is 1. The second-order valence-corrected chi connectivity index (χ2v) is 4.58. The zero-order valence-corrected chi connectivity index (χ0v) is 12.0. The van der Waals surface area contributed by atoms with Gasteiger partial charge in [-0.15, -0.1) is 0 Å². The Bertz CT molecular complexity index is 727. The summed E-state index contributed by atoms with van der Waals surface area (Å²) in [5.74, 6) is 5.25. The fourth-order valence-corrected chi connectivity index (χ4v) is 1.96. The maximum Gasteiger partial charge on any atom is 0.255 e. The molecule has 0 saturated carbocycles. The van der Waals surface area contributed by atoms with Crippen LogP contribution >= 0.6 is 0 Å². The highest BCUT2D eigenvalue weighted by atomic mass is 16.2. The number of aryl methyl sites for hydroxylation is 1. The summed E-state index contributed by atoms with van der Waals surface area (Å²) in [5, 5.41) is 11.6. The van der Waals surface area contributed by atoms with Gasteiger partial charge in [-0.05, 0) is 43.2 Å². The maximum atomic E-state index is 12.4. The Labute approximate surface area is 123 Å². The molecule has 0 aliphatic heterocycles. The Hall–Kier alpha value is -2.64. The van der Waals surface area contributed by atoms with Gasteiger partial charge in [-0.25, -0.2) is 0 Å². The summed E-state index contributed by atoms with van der Waals surface area (Å²) in [6, 6.07) is 7.12. The molecule has 0 bridgehead atoms. The minimum absolute atomic E-state index is 0.186. The third-order valence-corrected chi connectivity index (χ3v) is 3.15. The van der Waals surface area contributed by atoms with Gasteiger partial charge >= 0.3 is 0 Å². The van der Waals surface area contributed by atoms with Crippen molar-refractivity contribution in [3.63, 3.8) is 0 Å². The first-order valence-electron chi connectivity index (χ1n) is 6.55. The van der Waals surface area contributed by atoms with Gasteiger partial charge in [0.2, 0.25) is 0 Å².